The zero-order valence-electron chi connectivity index (χ0n) is 14.9. The molecule has 10 heteroatoms. The van der Waals surface area contributed by atoms with Gasteiger partial charge in [-0.05, 0) is 40.9 Å². The van der Waals surface area contributed by atoms with Crippen molar-refractivity contribution in [1.29, 1.82) is 0 Å². The first kappa shape index (κ1) is 18.3. The summed E-state index contributed by atoms with van der Waals surface area (Å²) >= 11 is 1.39. The van der Waals surface area contributed by atoms with Crippen LogP contribution in [0.2, 0.25) is 0 Å². The predicted octanol–water partition coefficient (Wildman–Crippen LogP) is 1.51. The first-order chi connectivity index (χ1) is 13.7. The summed E-state index contributed by atoms with van der Waals surface area (Å²) in [4.78, 5) is 28.0. The van der Waals surface area contributed by atoms with Gasteiger partial charge in [-0.15, -0.1) is 21.5 Å². The molecule has 0 aliphatic carbocycles. The minimum atomic E-state index is -0.145. The van der Waals surface area contributed by atoms with Crippen LogP contribution in [0.15, 0.2) is 41.8 Å². The summed E-state index contributed by atoms with van der Waals surface area (Å²) in [5, 5.41) is 17.0. The molecular formula is C18H18N6O3S. The summed E-state index contributed by atoms with van der Waals surface area (Å²) in [6, 6.07) is 10.8. The van der Waals surface area contributed by atoms with Crippen LogP contribution >= 0.6 is 11.3 Å². The third kappa shape index (κ3) is 4.24. The number of carbonyl (C=O) groups is 2. The third-order valence-electron chi connectivity index (χ3n) is 4.24. The Morgan fingerprint density at radius 1 is 1.14 bits per heavy atom. The van der Waals surface area contributed by atoms with E-state index >= 15 is 0 Å². The van der Waals surface area contributed by atoms with Crippen molar-refractivity contribution in [2.45, 2.75) is 6.54 Å². The monoisotopic (exact) mass is 398 g/mol. The molecule has 3 heterocycles. The minimum Gasteiger partial charge on any atom is -0.378 e. The molecule has 0 saturated carbocycles. The number of carbonyl (C=O) groups excluding carboxylic acids is 2. The van der Waals surface area contributed by atoms with Crippen molar-refractivity contribution in [1.82, 2.24) is 25.1 Å². The molecule has 1 N–H and O–H groups in total. The number of amides is 2. The molecule has 9 nitrogen and oxygen atoms in total. The van der Waals surface area contributed by atoms with Gasteiger partial charge in [-0.1, -0.05) is 6.07 Å². The van der Waals surface area contributed by atoms with Gasteiger partial charge in [0.15, 0.2) is 0 Å². The molecule has 144 valence electrons. The number of thiophene rings is 1. The van der Waals surface area contributed by atoms with Crippen molar-refractivity contribution in [3.8, 4) is 11.4 Å². The highest BCUT2D eigenvalue weighted by atomic mass is 32.1. The zero-order valence-corrected chi connectivity index (χ0v) is 15.8. The summed E-state index contributed by atoms with van der Waals surface area (Å²) in [6.07, 6.45) is 0. The van der Waals surface area contributed by atoms with E-state index in [9.17, 15) is 9.59 Å². The molecular weight excluding hydrogens is 380 g/mol. The highest BCUT2D eigenvalue weighted by Crippen LogP contribution is 2.18. The van der Waals surface area contributed by atoms with Crippen LogP contribution in [0.3, 0.4) is 0 Å². The molecule has 1 aliphatic rings. The smallest absolute Gasteiger partial charge is 0.265 e. The standard InChI is InChI=1S/C18H18N6O3S/c25-16(23-7-9-27-10-8-23)12-24-21-17(20-22-24)13-3-5-14(6-4-13)19-18(26)15-2-1-11-28-15/h1-6,11H,7-10,12H2,(H,19,26). The summed E-state index contributed by atoms with van der Waals surface area (Å²) in [5.74, 6) is 0.221. The van der Waals surface area contributed by atoms with Crippen LogP contribution < -0.4 is 5.32 Å². The molecule has 1 aliphatic heterocycles. The number of nitrogens with one attached hydrogen (secondary N) is 1. The topological polar surface area (TPSA) is 102 Å². The molecule has 0 atom stereocenters. The van der Waals surface area contributed by atoms with E-state index in [2.05, 4.69) is 20.7 Å². The van der Waals surface area contributed by atoms with Gasteiger partial charge in [-0.2, -0.15) is 4.80 Å². The maximum Gasteiger partial charge on any atom is 0.265 e. The Morgan fingerprint density at radius 2 is 1.93 bits per heavy atom. The number of morpholine rings is 1. The fourth-order valence-electron chi connectivity index (χ4n) is 2.76. The second-order valence-electron chi connectivity index (χ2n) is 6.15. The second kappa shape index (κ2) is 8.28. The van der Waals surface area contributed by atoms with Gasteiger partial charge in [0.05, 0.1) is 18.1 Å². The van der Waals surface area contributed by atoms with E-state index in [0.717, 1.165) is 5.56 Å². The second-order valence-corrected chi connectivity index (χ2v) is 7.09. The Morgan fingerprint density at radius 3 is 2.64 bits per heavy atom. The van der Waals surface area contributed by atoms with Crippen molar-refractivity contribution >= 4 is 28.8 Å². The highest BCUT2D eigenvalue weighted by molar-refractivity contribution is 7.12. The molecule has 2 aromatic heterocycles. The van der Waals surface area contributed by atoms with Gasteiger partial charge in [0.2, 0.25) is 11.7 Å². The summed E-state index contributed by atoms with van der Waals surface area (Å²) < 4.78 is 5.25. The molecule has 3 aromatic rings. The molecule has 2 amide bonds. The number of anilines is 1. The Labute approximate surface area is 164 Å². The Hall–Kier alpha value is -3.11. The molecule has 4 rings (SSSR count). The Kier molecular flexibility index (Phi) is 5.40. The van der Waals surface area contributed by atoms with E-state index in [0.29, 0.717) is 42.7 Å². The molecule has 28 heavy (non-hydrogen) atoms. The average Bonchev–Trinajstić information content (AvgIpc) is 3.42. The van der Waals surface area contributed by atoms with Crippen molar-refractivity contribution in [2.24, 2.45) is 0 Å². The van der Waals surface area contributed by atoms with E-state index in [1.165, 1.54) is 16.1 Å². The first-order valence-electron chi connectivity index (χ1n) is 8.78. The van der Waals surface area contributed by atoms with Crippen molar-refractivity contribution in [3.05, 3.63) is 46.7 Å². The van der Waals surface area contributed by atoms with Crippen molar-refractivity contribution in [2.75, 3.05) is 31.6 Å². The highest BCUT2D eigenvalue weighted by Gasteiger charge is 2.18. The van der Waals surface area contributed by atoms with Gasteiger partial charge in [-0.25, -0.2) is 0 Å². The summed E-state index contributed by atoms with van der Waals surface area (Å²) in [7, 11) is 0. The maximum atomic E-state index is 12.3. The lowest BCUT2D eigenvalue weighted by Gasteiger charge is -2.26. The van der Waals surface area contributed by atoms with Crippen LogP contribution in [0.4, 0.5) is 5.69 Å². The first-order valence-corrected chi connectivity index (χ1v) is 9.65. The van der Waals surface area contributed by atoms with E-state index in [1.54, 1.807) is 35.2 Å². The van der Waals surface area contributed by atoms with Crippen molar-refractivity contribution in [3.63, 3.8) is 0 Å². The average molecular weight is 398 g/mol. The van der Waals surface area contributed by atoms with Gasteiger partial charge in [0.1, 0.15) is 6.54 Å². The van der Waals surface area contributed by atoms with Crippen molar-refractivity contribution < 1.29 is 14.3 Å². The van der Waals surface area contributed by atoms with Crippen LogP contribution in [0, 0.1) is 0 Å². The largest absolute Gasteiger partial charge is 0.378 e. The van der Waals surface area contributed by atoms with Gasteiger partial charge < -0.3 is 15.0 Å². The normalized spacial score (nSPS) is 14.1. The molecule has 0 bridgehead atoms. The van der Waals surface area contributed by atoms with Gasteiger partial charge in [-0.3, -0.25) is 9.59 Å². The van der Waals surface area contributed by atoms with E-state index in [4.69, 9.17) is 4.74 Å². The van der Waals surface area contributed by atoms with Crippen LogP contribution in [0.5, 0.6) is 0 Å². The zero-order chi connectivity index (χ0) is 19.3. The number of nitrogens with zero attached hydrogens (tertiary/aromatic N) is 5. The molecule has 0 radical (unpaired) electrons. The van der Waals surface area contributed by atoms with Crippen LogP contribution in [0.25, 0.3) is 11.4 Å². The Balaban J connectivity index is 1.38. The van der Waals surface area contributed by atoms with E-state index in [-0.39, 0.29) is 18.4 Å². The van der Waals surface area contributed by atoms with Crippen LogP contribution in [0.1, 0.15) is 9.67 Å². The SMILES string of the molecule is O=C(Nc1ccc(-c2nnn(CC(=O)N3CCOCC3)n2)cc1)c1cccs1. The predicted molar refractivity (Wildman–Crippen MR) is 103 cm³/mol. The lowest BCUT2D eigenvalue weighted by molar-refractivity contribution is -0.136. The maximum absolute atomic E-state index is 12.3. The number of benzene rings is 1. The number of hydrogen-bond acceptors (Lipinski definition) is 7. The molecule has 0 spiro atoms. The lowest BCUT2D eigenvalue weighted by Crippen LogP contribution is -2.42. The minimum absolute atomic E-state index is 0.0436. The quantitative estimate of drug-likeness (QED) is 0.699. The van der Waals surface area contributed by atoms with Crippen LogP contribution in [-0.2, 0) is 16.1 Å². The van der Waals surface area contributed by atoms with Crippen LogP contribution in [-0.4, -0.2) is 63.2 Å². The molecule has 1 fully saturated rings. The lowest BCUT2D eigenvalue weighted by atomic mass is 10.2. The van der Waals surface area contributed by atoms with Gasteiger partial charge >= 0.3 is 0 Å². The van der Waals surface area contributed by atoms with E-state index < -0.39 is 0 Å². The Bertz CT molecular complexity index is 948. The number of aromatic nitrogens is 4. The fraction of sp³-hybridized carbons (Fsp3) is 0.278. The van der Waals surface area contributed by atoms with Gasteiger partial charge in [0, 0.05) is 24.3 Å². The number of tetrazole rings is 1. The number of rotatable bonds is 5. The molecule has 1 saturated heterocycles. The van der Waals surface area contributed by atoms with E-state index in [1.807, 2.05) is 11.4 Å². The third-order valence-corrected chi connectivity index (χ3v) is 5.11. The summed E-state index contributed by atoms with van der Waals surface area (Å²) in [5.41, 5.74) is 1.43. The number of ether oxygens (including phenoxy) is 1. The number of hydrogen-bond donors (Lipinski definition) is 1. The molecule has 1 aromatic carbocycles. The molecule has 0 unspecified atom stereocenters. The summed E-state index contributed by atoms with van der Waals surface area (Å²) in [6.45, 7) is 2.31. The fourth-order valence-corrected chi connectivity index (χ4v) is 3.38. The van der Waals surface area contributed by atoms with Gasteiger partial charge in [0.25, 0.3) is 5.91 Å².